The minimum atomic E-state index is 0.117. The van der Waals surface area contributed by atoms with Crippen molar-refractivity contribution in [2.75, 3.05) is 0 Å². The predicted molar refractivity (Wildman–Crippen MR) is 78.9 cm³/mol. The number of aliphatic hydroxyl groups is 1. The van der Waals surface area contributed by atoms with E-state index in [1.54, 1.807) is 11.3 Å². The van der Waals surface area contributed by atoms with Gasteiger partial charge in [-0.25, -0.2) is 4.98 Å². The molecule has 1 heterocycles. The van der Waals surface area contributed by atoms with Gasteiger partial charge in [-0.1, -0.05) is 31.2 Å². The number of nitrogens with zero attached hydrogens (tertiary/aromatic N) is 1. The average molecular weight is 279 g/mol. The molecule has 96 valence electrons. The molecule has 18 heavy (non-hydrogen) atoms. The highest BCUT2D eigenvalue weighted by molar-refractivity contribution is 7.97. The first-order valence-corrected chi connectivity index (χ1v) is 8.05. The van der Waals surface area contributed by atoms with E-state index in [0.717, 1.165) is 23.5 Å². The topological polar surface area (TPSA) is 33.1 Å². The van der Waals surface area contributed by atoms with Gasteiger partial charge in [-0.05, 0) is 17.5 Å². The molecule has 0 aliphatic rings. The van der Waals surface area contributed by atoms with E-state index in [0.29, 0.717) is 0 Å². The smallest absolute Gasteiger partial charge is 0.0925 e. The molecule has 0 bridgehead atoms. The van der Waals surface area contributed by atoms with Crippen molar-refractivity contribution in [2.24, 2.45) is 0 Å². The lowest BCUT2D eigenvalue weighted by atomic mass is 10.2. The molecule has 2 nitrogen and oxygen atoms in total. The molecule has 4 heteroatoms. The van der Waals surface area contributed by atoms with Gasteiger partial charge >= 0.3 is 0 Å². The SMILES string of the molecule is CCc1nc(CSCc2ccc(CO)cc2)cs1. The summed E-state index contributed by atoms with van der Waals surface area (Å²) in [5.74, 6) is 1.96. The highest BCUT2D eigenvalue weighted by Crippen LogP contribution is 2.20. The Hall–Kier alpha value is -0.840. The monoisotopic (exact) mass is 279 g/mol. The number of thioether (sulfide) groups is 1. The quantitative estimate of drug-likeness (QED) is 0.876. The van der Waals surface area contributed by atoms with Crippen LogP contribution in [0, 0.1) is 0 Å². The second kappa shape index (κ2) is 6.92. The average Bonchev–Trinajstić information content (AvgIpc) is 2.87. The zero-order valence-corrected chi connectivity index (χ0v) is 12.1. The minimum absolute atomic E-state index is 0.117. The lowest BCUT2D eigenvalue weighted by Crippen LogP contribution is -1.87. The van der Waals surface area contributed by atoms with Crippen molar-refractivity contribution in [3.8, 4) is 0 Å². The van der Waals surface area contributed by atoms with Gasteiger partial charge in [-0.2, -0.15) is 11.8 Å². The highest BCUT2D eigenvalue weighted by Gasteiger charge is 2.01. The summed E-state index contributed by atoms with van der Waals surface area (Å²) in [5, 5.41) is 12.3. The van der Waals surface area contributed by atoms with Crippen LogP contribution < -0.4 is 0 Å². The molecule has 0 atom stereocenters. The van der Waals surface area contributed by atoms with Crippen LogP contribution in [0.25, 0.3) is 0 Å². The van der Waals surface area contributed by atoms with Crippen molar-refractivity contribution in [2.45, 2.75) is 31.5 Å². The molecule has 0 aliphatic carbocycles. The van der Waals surface area contributed by atoms with Gasteiger partial charge in [0.25, 0.3) is 0 Å². The summed E-state index contributed by atoms with van der Waals surface area (Å²) in [5.41, 5.74) is 3.45. The Morgan fingerprint density at radius 3 is 2.50 bits per heavy atom. The van der Waals surface area contributed by atoms with Gasteiger partial charge in [0, 0.05) is 16.9 Å². The zero-order chi connectivity index (χ0) is 12.8. The maximum atomic E-state index is 8.97. The summed E-state index contributed by atoms with van der Waals surface area (Å²) >= 11 is 3.63. The fourth-order valence-electron chi connectivity index (χ4n) is 1.59. The molecule has 0 fully saturated rings. The molecule has 0 saturated heterocycles. The van der Waals surface area contributed by atoms with Crippen LogP contribution in [0.2, 0.25) is 0 Å². The molecule has 1 aromatic carbocycles. The number of thiazole rings is 1. The Balaban J connectivity index is 1.80. The number of hydrogen-bond acceptors (Lipinski definition) is 4. The van der Waals surface area contributed by atoms with Crippen molar-refractivity contribution < 1.29 is 5.11 Å². The van der Waals surface area contributed by atoms with Crippen LogP contribution in [0.4, 0.5) is 0 Å². The minimum Gasteiger partial charge on any atom is -0.392 e. The van der Waals surface area contributed by atoms with Gasteiger partial charge in [0.2, 0.25) is 0 Å². The van der Waals surface area contributed by atoms with E-state index in [-0.39, 0.29) is 6.61 Å². The summed E-state index contributed by atoms with van der Waals surface area (Å²) in [4.78, 5) is 4.55. The maximum Gasteiger partial charge on any atom is 0.0925 e. The van der Waals surface area contributed by atoms with Crippen molar-refractivity contribution in [1.82, 2.24) is 4.98 Å². The van der Waals surface area contributed by atoms with Crippen LogP contribution in [0.15, 0.2) is 29.6 Å². The van der Waals surface area contributed by atoms with Crippen LogP contribution in [-0.4, -0.2) is 10.1 Å². The molecule has 1 aromatic heterocycles. The van der Waals surface area contributed by atoms with E-state index in [2.05, 4.69) is 29.4 Å². The largest absolute Gasteiger partial charge is 0.392 e. The number of rotatable bonds is 6. The third kappa shape index (κ3) is 3.83. The number of aryl methyl sites for hydroxylation is 1. The van der Waals surface area contributed by atoms with Crippen molar-refractivity contribution in [1.29, 1.82) is 0 Å². The Bertz CT molecular complexity index is 479. The molecule has 0 unspecified atom stereocenters. The van der Waals surface area contributed by atoms with Crippen LogP contribution >= 0.6 is 23.1 Å². The fraction of sp³-hybridized carbons (Fsp3) is 0.357. The normalized spacial score (nSPS) is 10.8. The van der Waals surface area contributed by atoms with E-state index in [1.165, 1.54) is 16.3 Å². The standard InChI is InChI=1S/C14H17NOS2/c1-2-14-15-13(10-18-14)9-17-8-12-5-3-11(7-16)4-6-12/h3-6,10,16H,2,7-9H2,1H3. The van der Waals surface area contributed by atoms with E-state index < -0.39 is 0 Å². The third-order valence-electron chi connectivity index (χ3n) is 2.63. The number of hydrogen-bond donors (Lipinski definition) is 1. The van der Waals surface area contributed by atoms with E-state index in [4.69, 9.17) is 5.11 Å². The molecule has 0 saturated carbocycles. The Labute approximate surface area is 116 Å². The second-order valence-electron chi connectivity index (χ2n) is 4.05. The summed E-state index contributed by atoms with van der Waals surface area (Å²) in [6.07, 6.45) is 1.03. The van der Waals surface area contributed by atoms with Crippen LogP contribution in [-0.2, 0) is 24.5 Å². The molecular weight excluding hydrogens is 262 g/mol. The van der Waals surface area contributed by atoms with Crippen molar-refractivity contribution in [3.63, 3.8) is 0 Å². The van der Waals surface area contributed by atoms with E-state index in [9.17, 15) is 0 Å². The first-order valence-electron chi connectivity index (χ1n) is 6.01. The number of aromatic nitrogens is 1. The number of benzene rings is 1. The van der Waals surface area contributed by atoms with Gasteiger partial charge in [0.15, 0.2) is 0 Å². The summed E-state index contributed by atoms with van der Waals surface area (Å²) < 4.78 is 0. The Kier molecular flexibility index (Phi) is 5.23. The molecule has 2 rings (SSSR count). The van der Waals surface area contributed by atoms with E-state index >= 15 is 0 Å². The molecule has 1 N–H and O–H groups in total. The summed E-state index contributed by atoms with van der Waals surface area (Å²) in [6, 6.07) is 8.12. The summed E-state index contributed by atoms with van der Waals surface area (Å²) in [7, 11) is 0. The van der Waals surface area contributed by atoms with Crippen molar-refractivity contribution in [3.05, 3.63) is 51.5 Å². The van der Waals surface area contributed by atoms with Crippen LogP contribution in [0.5, 0.6) is 0 Å². The number of aliphatic hydroxyl groups excluding tert-OH is 1. The van der Waals surface area contributed by atoms with Crippen molar-refractivity contribution >= 4 is 23.1 Å². The third-order valence-corrected chi connectivity index (χ3v) is 4.71. The second-order valence-corrected chi connectivity index (χ2v) is 5.98. The lowest BCUT2D eigenvalue weighted by Gasteiger charge is -2.02. The first kappa shape index (κ1) is 13.6. The van der Waals surface area contributed by atoms with Gasteiger partial charge in [0.1, 0.15) is 0 Å². The van der Waals surface area contributed by atoms with Gasteiger partial charge < -0.3 is 5.11 Å². The van der Waals surface area contributed by atoms with Crippen LogP contribution in [0.1, 0.15) is 28.8 Å². The zero-order valence-electron chi connectivity index (χ0n) is 10.4. The molecule has 2 aromatic rings. The Morgan fingerprint density at radius 1 is 1.17 bits per heavy atom. The lowest BCUT2D eigenvalue weighted by molar-refractivity contribution is 0.282. The molecule has 0 radical (unpaired) electrons. The van der Waals surface area contributed by atoms with Gasteiger partial charge in [-0.3, -0.25) is 0 Å². The summed E-state index contributed by atoms with van der Waals surface area (Å²) in [6.45, 7) is 2.25. The fourth-order valence-corrected chi connectivity index (χ4v) is 3.33. The maximum absolute atomic E-state index is 8.97. The Morgan fingerprint density at radius 2 is 1.89 bits per heavy atom. The molecular formula is C14H17NOS2. The molecule has 0 spiro atoms. The predicted octanol–water partition coefficient (Wildman–Crippen LogP) is 3.63. The first-order chi connectivity index (χ1) is 8.81. The van der Waals surface area contributed by atoms with Gasteiger partial charge in [0.05, 0.1) is 17.3 Å². The van der Waals surface area contributed by atoms with E-state index in [1.807, 2.05) is 23.9 Å². The molecule has 0 amide bonds. The van der Waals surface area contributed by atoms with Crippen LogP contribution in [0.3, 0.4) is 0 Å². The molecule has 0 aliphatic heterocycles. The van der Waals surface area contributed by atoms with Gasteiger partial charge in [-0.15, -0.1) is 11.3 Å². The highest BCUT2D eigenvalue weighted by atomic mass is 32.2.